The molecule has 4 nitrogen and oxygen atoms in total. The van der Waals surface area contributed by atoms with Crippen LogP contribution in [-0.2, 0) is 21.4 Å². The second-order valence-corrected chi connectivity index (χ2v) is 12.6. The van der Waals surface area contributed by atoms with Gasteiger partial charge in [-0.2, -0.15) is 0 Å². The first kappa shape index (κ1) is 29.7. The van der Waals surface area contributed by atoms with Gasteiger partial charge in [0, 0.05) is 35.1 Å². The quantitative estimate of drug-likeness (QED) is 0.177. The van der Waals surface area contributed by atoms with E-state index in [1.807, 2.05) is 24.3 Å². The average molecular weight is 519 g/mol. The summed E-state index contributed by atoms with van der Waals surface area (Å²) in [4.78, 5) is 13.1. The zero-order valence-electron chi connectivity index (χ0n) is 24.8. The van der Waals surface area contributed by atoms with E-state index in [-0.39, 0.29) is 33.5 Å². The number of hydrogen-bond donors (Lipinski definition) is 0. The predicted molar refractivity (Wildman–Crippen MR) is 154 cm³/mol. The normalized spacial score (nSPS) is 18.5. The molecule has 1 aromatic rings. The van der Waals surface area contributed by atoms with Gasteiger partial charge in [0.1, 0.15) is 11.5 Å². The number of carbonyl (C=O) groups excluding carboxylic acids is 1. The monoisotopic (exact) mass is 518 g/mol. The van der Waals surface area contributed by atoms with Crippen LogP contribution in [0, 0.1) is 5.41 Å². The van der Waals surface area contributed by atoms with Gasteiger partial charge >= 0.3 is 11.5 Å². The Morgan fingerprint density at radius 1 is 0.868 bits per heavy atom. The third kappa shape index (κ3) is 7.58. The molecule has 4 heteroatoms. The minimum Gasteiger partial charge on any atom is -0.871 e. The van der Waals surface area contributed by atoms with E-state index in [0.717, 1.165) is 85.5 Å². The van der Waals surface area contributed by atoms with Crippen molar-refractivity contribution in [2.45, 2.75) is 112 Å². The highest BCUT2D eigenvalue weighted by Gasteiger charge is 2.31. The van der Waals surface area contributed by atoms with Gasteiger partial charge < -0.3 is 9.84 Å². The van der Waals surface area contributed by atoms with E-state index in [1.54, 1.807) is 12.2 Å². The maximum atomic E-state index is 13.1. The molecule has 1 aromatic heterocycles. The molecule has 0 atom stereocenters. The second-order valence-electron chi connectivity index (χ2n) is 12.6. The molecule has 0 bridgehead atoms. The topological polar surface area (TPSA) is 60.7 Å². The van der Waals surface area contributed by atoms with E-state index in [9.17, 15) is 9.90 Å². The van der Waals surface area contributed by atoms with Crippen LogP contribution in [0.15, 0.2) is 68.8 Å². The van der Waals surface area contributed by atoms with Crippen LogP contribution in [0.5, 0.6) is 0 Å². The zero-order chi connectivity index (χ0) is 28.1. The zero-order valence-corrected chi connectivity index (χ0v) is 24.8. The standard InChI is InChI=1S/C34H46O4/c1-9-11-13-15-25-17-23(21-29(37-25)33(3,4)5)19-27-31(35)28(32(27)36)20-24-18-26(16-14-12-10-2)38-30(22-24)34(6,7)8/h17-22H,9-16H2,1-8H3. The van der Waals surface area contributed by atoms with Crippen LogP contribution in [0.25, 0.3) is 6.08 Å². The number of Topliss-reactive ketones (excluding diaryl/α,β-unsaturated/α-hetero) is 1. The molecule has 2 heterocycles. The third-order valence-electron chi connectivity index (χ3n) is 6.87. The lowest BCUT2D eigenvalue weighted by Crippen LogP contribution is -2.29. The minimum atomic E-state index is -0.203. The lowest BCUT2D eigenvalue weighted by Gasteiger charge is -2.30. The third-order valence-corrected chi connectivity index (χ3v) is 6.87. The SMILES string of the molecule is CCCCCC1=CC(=CC2=C([O-])C(=Cc3cc(CCCCC)[o+]c(C(C)(C)C)c3)C2=O)C=C(C(C)(C)C)O1. The number of rotatable bonds is 10. The van der Waals surface area contributed by atoms with Crippen LogP contribution in [-0.4, -0.2) is 5.78 Å². The Morgan fingerprint density at radius 3 is 2.11 bits per heavy atom. The van der Waals surface area contributed by atoms with Crippen molar-refractivity contribution in [2.75, 3.05) is 0 Å². The minimum absolute atomic E-state index is 0.176. The average Bonchev–Trinajstić information content (AvgIpc) is 2.85. The smallest absolute Gasteiger partial charge is 0.335 e. The Bertz CT molecular complexity index is 1190. The van der Waals surface area contributed by atoms with E-state index in [0.29, 0.717) is 0 Å². The summed E-state index contributed by atoms with van der Waals surface area (Å²) in [7, 11) is 0. The van der Waals surface area contributed by atoms with Gasteiger partial charge in [-0.15, -0.1) is 0 Å². The molecule has 0 fully saturated rings. The molecule has 0 saturated carbocycles. The van der Waals surface area contributed by atoms with E-state index in [1.165, 1.54) is 0 Å². The van der Waals surface area contributed by atoms with Crippen LogP contribution in [0.2, 0.25) is 0 Å². The van der Waals surface area contributed by atoms with E-state index in [4.69, 9.17) is 9.15 Å². The van der Waals surface area contributed by atoms with Crippen molar-refractivity contribution in [2.24, 2.45) is 5.41 Å². The molecule has 0 amide bonds. The van der Waals surface area contributed by atoms with Crippen molar-refractivity contribution in [3.63, 3.8) is 0 Å². The van der Waals surface area contributed by atoms with Gasteiger partial charge in [-0.3, -0.25) is 4.79 Å². The van der Waals surface area contributed by atoms with Crippen molar-refractivity contribution < 1.29 is 19.1 Å². The molecule has 0 unspecified atom stereocenters. The van der Waals surface area contributed by atoms with Crippen molar-refractivity contribution in [3.8, 4) is 0 Å². The molecular formula is C34H46O4. The Kier molecular flexibility index (Phi) is 9.62. The summed E-state index contributed by atoms with van der Waals surface area (Å²) in [6, 6.07) is 3.92. The number of unbranched alkanes of at least 4 members (excludes halogenated alkanes) is 4. The van der Waals surface area contributed by atoms with Gasteiger partial charge in [0.25, 0.3) is 0 Å². The van der Waals surface area contributed by atoms with Gasteiger partial charge in [0.2, 0.25) is 0 Å². The number of aryl methyl sites for hydroxylation is 1. The molecule has 0 N–H and O–H groups in total. The van der Waals surface area contributed by atoms with E-state index in [2.05, 4.69) is 55.4 Å². The van der Waals surface area contributed by atoms with E-state index >= 15 is 0 Å². The number of ether oxygens (including phenoxy) is 1. The van der Waals surface area contributed by atoms with Crippen LogP contribution in [0.4, 0.5) is 0 Å². The van der Waals surface area contributed by atoms with Crippen LogP contribution < -0.4 is 5.11 Å². The molecule has 1 aliphatic carbocycles. The summed E-state index contributed by atoms with van der Waals surface area (Å²) in [5.74, 6) is 3.09. The van der Waals surface area contributed by atoms with Gasteiger partial charge in [0.05, 0.1) is 11.8 Å². The number of ketones is 1. The summed E-state index contributed by atoms with van der Waals surface area (Å²) in [5, 5.41) is 13.1. The van der Waals surface area contributed by atoms with Crippen LogP contribution >= 0.6 is 0 Å². The molecule has 38 heavy (non-hydrogen) atoms. The van der Waals surface area contributed by atoms with Crippen molar-refractivity contribution in [1.29, 1.82) is 0 Å². The molecule has 0 saturated heterocycles. The van der Waals surface area contributed by atoms with Gasteiger partial charge in [0.15, 0.2) is 5.78 Å². The first-order chi connectivity index (χ1) is 17.8. The van der Waals surface area contributed by atoms with Gasteiger partial charge in [-0.05, 0) is 69.1 Å². The largest absolute Gasteiger partial charge is 0.871 e. The Labute approximate surface area is 229 Å². The van der Waals surface area contributed by atoms with Crippen molar-refractivity contribution >= 4 is 11.9 Å². The highest BCUT2D eigenvalue weighted by Crippen LogP contribution is 2.37. The van der Waals surface area contributed by atoms with Crippen LogP contribution in [0.3, 0.4) is 0 Å². The highest BCUT2D eigenvalue weighted by atomic mass is 16.5. The van der Waals surface area contributed by atoms with Crippen molar-refractivity contribution in [1.82, 2.24) is 0 Å². The van der Waals surface area contributed by atoms with E-state index < -0.39 is 0 Å². The molecule has 2 aliphatic rings. The summed E-state index contributed by atoms with van der Waals surface area (Å²) < 4.78 is 12.4. The molecule has 1 aliphatic heterocycles. The van der Waals surface area contributed by atoms with Gasteiger partial charge in [-0.1, -0.05) is 66.1 Å². The fraction of sp³-hybridized carbons (Fsp3) is 0.529. The van der Waals surface area contributed by atoms with Crippen LogP contribution in [0.1, 0.15) is 117 Å². The lowest BCUT2D eigenvalue weighted by molar-refractivity contribution is -0.300. The molecular weight excluding hydrogens is 472 g/mol. The predicted octanol–water partition coefficient (Wildman–Crippen LogP) is 8.52. The first-order valence-corrected chi connectivity index (χ1v) is 14.3. The molecule has 206 valence electrons. The summed E-state index contributed by atoms with van der Waals surface area (Å²) in [6.07, 6.45) is 15.7. The van der Waals surface area contributed by atoms with Crippen molar-refractivity contribution in [3.05, 3.63) is 81.4 Å². The summed E-state index contributed by atoms with van der Waals surface area (Å²) in [5.41, 5.74) is 1.81. The second kappa shape index (κ2) is 12.3. The van der Waals surface area contributed by atoms with Gasteiger partial charge in [-0.25, -0.2) is 4.42 Å². The summed E-state index contributed by atoms with van der Waals surface area (Å²) >= 11 is 0. The Hall–Kier alpha value is -2.88. The maximum absolute atomic E-state index is 13.1. The fourth-order valence-corrected chi connectivity index (χ4v) is 4.44. The number of carbonyl (C=O) groups is 1. The maximum Gasteiger partial charge on any atom is 0.335 e. The Morgan fingerprint density at radius 2 is 1.53 bits per heavy atom. The molecule has 3 rings (SSSR count). The number of allylic oxidation sites excluding steroid dienone is 8. The fourth-order valence-electron chi connectivity index (χ4n) is 4.44. The molecule has 0 aromatic carbocycles. The highest BCUT2D eigenvalue weighted by molar-refractivity contribution is 6.23. The Balaban J connectivity index is 1.94. The molecule has 0 radical (unpaired) electrons. The first-order valence-electron chi connectivity index (χ1n) is 14.3. The number of hydrogen-bond acceptors (Lipinski definition) is 3. The summed E-state index contributed by atoms with van der Waals surface area (Å²) in [6.45, 7) is 17.0. The lowest BCUT2D eigenvalue weighted by atomic mass is 9.84. The molecule has 0 spiro atoms.